The Morgan fingerprint density at radius 3 is 2.35 bits per heavy atom. The van der Waals surface area contributed by atoms with Crippen LogP contribution in [0.1, 0.15) is 5.56 Å². The lowest BCUT2D eigenvalue weighted by atomic mass is 10.0. The maximum atomic E-state index is 12.6. The van der Waals surface area contributed by atoms with Crippen molar-refractivity contribution in [1.82, 2.24) is 4.57 Å². The fourth-order valence-electron chi connectivity index (χ4n) is 2.70. The van der Waals surface area contributed by atoms with Crippen molar-refractivity contribution < 1.29 is 0 Å². The molecule has 0 atom stereocenters. The van der Waals surface area contributed by atoms with Crippen LogP contribution < -0.4 is 11.2 Å². The first-order valence-corrected chi connectivity index (χ1v) is 6.60. The molecule has 2 aromatic carbocycles. The Bertz CT molecular complexity index is 820. The van der Waals surface area contributed by atoms with Crippen molar-refractivity contribution >= 4 is 10.9 Å². The van der Waals surface area contributed by atoms with Gasteiger partial charge < -0.3 is 10.3 Å². The largest absolute Gasteiger partial charge is 0.343 e. The highest BCUT2D eigenvalue weighted by Gasteiger charge is 2.14. The lowest BCUT2D eigenvalue weighted by Crippen LogP contribution is -2.19. The molecule has 0 saturated heterocycles. The van der Waals surface area contributed by atoms with Crippen LogP contribution in [-0.4, -0.2) is 4.57 Å². The monoisotopic (exact) mass is 264 g/mol. The number of benzene rings is 2. The third-order valence-electron chi connectivity index (χ3n) is 3.66. The molecule has 1 aromatic heterocycles. The van der Waals surface area contributed by atoms with Gasteiger partial charge in [-0.2, -0.15) is 0 Å². The molecule has 0 radical (unpaired) electrons. The molecule has 1 heterocycles. The predicted molar refractivity (Wildman–Crippen MR) is 82.5 cm³/mol. The smallest absolute Gasteiger partial charge is 0.194 e. The summed E-state index contributed by atoms with van der Waals surface area (Å²) in [6.07, 6.45) is 0. The summed E-state index contributed by atoms with van der Waals surface area (Å²) in [4.78, 5) is 12.6. The lowest BCUT2D eigenvalue weighted by molar-refractivity contribution is 0.923. The molecule has 0 spiro atoms. The summed E-state index contributed by atoms with van der Waals surface area (Å²) in [7, 11) is 1.98. The highest BCUT2D eigenvalue weighted by atomic mass is 16.1. The molecule has 3 aromatic rings. The number of aromatic nitrogens is 1. The number of rotatable bonds is 2. The summed E-state index contributed by atoms with van der Waals surface area (Å²) in [5, 5.41) is 0.718. The van der Waals surface area contributed by atoms with E-state index in [0.29, 0.717) is 5.56 Å². The fourth-order valence-corrected chi connectivity index (χ4v) is 2.70. The van der Waals surface area contributed by atoms with Crippen LogP contribution >= 0.6 is 0 Å². The van der Waals surface area contributed by atoms with E-state index in [2.05, 4.69) is 0 Å². The van der Waals surface area contributed by atoms with Crippen molar-refractivity contribution in [3.63, 3.8) is 0 Å². The van der Waals surface area contributed by atoms with Gasteiger partial charge in [0.1, 0.15) is 0 Å². The van der Waals surface area contributed by atoms with Gasteiger partial charge in [-0.3, -0.25) is 4.79 Å². The minimum absolute atomic E-state index is 0.0278. The first-order chi connectivity index (χ1) is 9.74. The maximum absolute atomic E-state index is 12.6. The Balaban J connectivity index is 2.48. The minimum atomic E-state index is 0.0278. The molecule has 0 amide bonds. The van der Waals surface area contributed by atoms with Crippen molar-refractivity contribution in [3.8, 4) is 11.3 Å². The van der Waals surface area contributed by atoms with Crippen LogP contribution in [0.3, 0.4) is 0 Å². The van der Waals surface area contributed by atoms with E-state index in [1.807, 2.05) is 66.2 Å². The van der Waals surface area contributed by atoms with Crippen LogP contribution in [0.5, 0.6) is 0 Å². The number of para-hydroxylation sites is 1. The molecule has 0 bridgehead atoms. The van der Waals surface area contributed by atoms with E-state index < -0.39 is 0 Å². The van der Waals surface area contributed by atoms with E-state index in [1.54, 1.807) is 0 Å². The number of nitrogens with two attached hydrogens (primary N) is 1. The van der Waals surface area contributed by atoms with Gasteiger partial charge in [-0.1, -0.05) is 42.5 Å². The van der Waals surface area contributed by atoms with Crippen LogP contribution in [0.15, 0.2) is 59.4 Å². The summed E-state index contributed by atoms with van der Waals surface area (Å²) in [5.41, 5.74) is 9.36. The van der Waals surface area contributed by atoms with Crippen LogP contribution in [0.4, 0.5) is 0 Å². The molecule has 0 aliphatic rings. The van der Waals surface area contributed by atoms with E-state index in [-0.39, 0.29) is 12.0 Å². The van der Waals surface area contributed by atoms with E-state index in [1.165, 1.54) is 0 Å². The van der Waals surface area contributed by atoms with Gasteiger partial charge in [0.25, 0.3) is 0 Å². The Morgan fingerprint density at radius 2 is 1.65 bits per heavy atom. The predicted octanol–water partition coefficient (Wildman–Crippen LogP) is 2.66. The molecule has 0 unspecified atom stereocenters. The van der Waals surface area contributed by atoms with Gasteiger partial charge in [-0.15, -0.1) is 0 Å². The number of hydrogen-bond donors (Lipinski definition) is 1. The molecule has 0 aliphatic carbocycles. The lowest BCUT2D eigenvalue weighted by Gasteiger charge is -2.16. The Labute approximate surface area is 117 Å². The van der Waals surface area contributed by atoms with Crippen molar-refractivity contribution in [2.45, 2.75) is 6.54 Å². The second-order valence-electron chi connectivity index (χ2n) is 4.80. The Kier molecular flexibility index (Phi) is 3.12. The van der Waals surface area contributed by atoms with Gasteiger partial charge >= 0.3 is 0 Å². The van der Waals surface area contributed by atoms with Crippen LogP contribution in [0.25, 0.3) is 22.2 Å². The zero-order valence-corrected chi connectivity index (χ0v) is 11.3. The van der Waals surface area contributed by atoms with Crippen molar-refractivity contribution in [1.29, 1.82) is 0 Å². The average Bonchev–Trinajstić information content (AvgIpc) is 2.51. The topological polar surface area (TPSA) is 48.0 Å². The van der Waals surface area contributed by atoms with Gasteiger partial charge in [-0.05, 0) is 17.7 Å². The molecular formula is C17H16N2O. The van der Waals surface area contributed by atoms with Crippen LogP contribution in [-0.2, 0) is 13.6 Å². The third kappa shape index (κ3) is 1.84. The fraction of sp³-hybridized carbons (Fsp3) is 0.118. The minimum Gasteiger partial charge on any atom is -0.343 e. The average molecular weight is 264 g/mol. The second kappa shape index (κ2) is 4.94. The van der Waals surface area contributed by atoms with Crippen LogP contribution in [0, 0.1) is 0 Å². The van der Waals surface area contributed by atoms with Crippen LogP contribution in [0.2, 0.25) is 0 Å². The maximum Gasteiger partial charge on any atom is 0.194 e. The first kappa shape index (κ1) is 12.6. The van der Waals surface area contributed by atoms with Gasteiger partial charge in [0.2, 0.25) is 0 Å². The summed E-state index contributed by atoms with van der Waals surface area (Å²) in [6, 6.07) is 17.5. The number of pyridine rings is 1. The van der Waals surface area contributed by atoms with Gasteiger partial charge in [-0.25, -0.2) is 0 Å². The first-order valence-electron chi connectivity index (χ1n) is 6.60. The summed E-state index contributed by atoms with van der Waals surface area (Å²) in [5.74, 6) is 0. The third-order valence-corrected chi connectivity index (χ3v) is 3.66. The zero-order chi connectivity index (χ0) is 14.1. The Hall–Kier alpha value is -2.39. The number of nitrogens with zero attached hydrogens (tertiary/aromatic N) is 1. The van der Waals surface area contributed by atoms with E-state index >= 15 is 0 Å². The van der Waals surface area contributed by atoms with E-state index in [9.17, 15) is 4.79 Å². The molecule has 0 aliphatic heterocycles. The molecule has 3 heteroatoms. The van der Waals surface area contributed by atoms with Crippen molar-refractivity contribution in [2.24, 2.45) is 12.8 Å². The highest BCUT2D eigenvalue weighted by molar-refractivity contribution is 5.84. The Morgan fingerprint density at radius 1 is 1.00 bits per heavy atom. The van der Waals surface area contributed by atoms with Crippen molar-refractivity contribution in [2.75, 3.05) is 0 Å². The molecule has 0 saturated carbocycles. The standard InChI is InChI=1S/C17H16N2O/c1-19-15-10-6-5-9-13(15)17(20)14(11-18)16(19)12-7-3-2-4-8-12/h2-10H,11,18H2,1H3. The number of aryl methyl sites for hydroxylation is 1. The normalized spacial score (nSPS) is 10.9. The van der Waals surface area contributed by atoms with Crippen molar-refractivity contribution in [3.05, 3.63) is 70.4 Å². The summed E-state index contributed by atoms with van der Waals surface area (Å²) >= 11 is 0. The van der Waals surface area contributed by atoms with Gasteiger partial charge in [0.05, 0.1) is 11.2 Å². The number of fused-ring (bicyclic) bond motifs is 1. The van der Waals surface area contributed by atoms with Gasteiger partial charge in [0, 0.05) is 24.5 Å². The summed E-state index contributed by atoms with van der Waals surface area (Å²) < 4.78 is 2.05. The highest BCUT2D eigenvalue weighted by Crippen LogP contribution is 2.24. The van der Waals surface area contributed by atoms with E-state index in [4.69, 9.17) is 5.73 Å². The quantitative estimate of drug-likeness (QED) is 0.773. The van der Waals surface area contributed by atoms with Gasteiger partial charge in [0.15, 0.2) is 5.43 Å². The van der Waals surface area contributed by atoms with E-state index in [0.717, 1.165) is 22.2 Å². The molecule has 3 nitrogen and oxygen atoms in total. The SMILES string of the molecule is Cn1c(-c2ccccc2)c(CN)c(=O)c2ccccc21. The second-order valence-corrected chi connectivity index (χ2v) is 4.80. The molecule has 100 valence electrons. The molecule has 3 rings (SSSR count). The molecule has 20 heavy (non-hydrogen) atoms. The molecular weight excluding hydrogens is 248 g/mol. The molecule has 2 N–H and O–H groups in total. The zero-order valence-electron chi connectivity index (χ0n) is 11.3. The molecule has 0 fully saturated rings. The summed E-state index contributed by atoms with van der Waals surface area (Å²) in [6.45, 7) is 0.238. The number of hydrogen-bond acceptors (Lipinski definition) is 2.